The van der Waals surface area contributed by atoms with E-state index in [1.54, 1.807) is 6.07 Å². The fraction of sp³-hybridized carbons (Fsp3) is 0.333. The second-order valence-electron chi connectivity index (χ2n) is 9.46. The number of fused-ring (bicyclic) bond motifs is 1. The molecule has 2 aliphatic rings. The molecule has 0 radical (unpaired) electrons. The van der Waals surface area contributed by atoms with Crippen LogP contribution in [-0.4, -0.2) is 89.1 Å². The molecule has 2 atom stereocenters. The number of amides is 2. The van der Waals surface area contributed by atoms with E-state index in [9.17, 15) is 39.6 Å². The second-order valence-corrected chi connectivity index (χ2v) is 11.5. The van der Waals surface area contributed by atoms with Crippen molar-refractivity contribution < 1.29 is 44.4 Å². The molecule has 1 fully saturated rings. The molecule has 1 aromatic carbocycles. The van der Waals surface area contributed by atoms with Crippen LogP contribution < -0.4 is 16.4 Å². The van der Waals surface area contributed by atoms with Crippen LogP contribution in [0.4, 0.5) is 5.13 Å². The van der Waals surface area contributed by atoms with Crippen molar-refractivity contribution >= 4 is 57.7 Å². The van der Waals surface area contributed by atoms with Gasteiger partial charge in [0.2, 0.25) is 5.60 Å². The molecular formula is C24H26N6O9S2. The Morgan fingerprint density at radius 1 is 1.22 bits per heavy atom. The third-order valence-corrected chi connectivity index (χ3v) is 8.12. The standard InChI is InChI=1S/C24H26N6O9S2/c1-24(2,22(37)38)39-29-15(12-9-41-23(25)27-12)18(33)28-16-19(34)30-17(21(35)36)11(8-40-20(16)30)7-26-6-10-3-4-13(31)14(32)5-10/h3-5,9,16,20,26,31-32H,6-8H2,1-2H3,(H2,25,27)(H,28,33)(H,35,36)(H,37,38)/t16?,20-/m0/s1. The number of nitrogens with one attached hydrogen (secondary N) is 2. The molecule has 1 aromatic heterocycles. The summed E-state index contributed by atoms with van der Waals surface area (Å²) in [6.07, 6.45) is 0. The van der Waals surface area contributed by atoms with Crippen LogP contribution >= 0.6 is 23.1 Å². The number of carbonyl (C=O) groups excluding carboxylic acids is 2. The van der Waals surface area contributed by atoms with Gasteiger partial charge in [0.25, 0.3) is 11.8 Å². The molecule has 2 amide bonds. The van der Waals surface area contributed by atoms with Crippen molar-refractivity contribution in [3.05, 3.63) is 46.1 Å². The molecule has 1 unspecified atom stereocenters. The number of aromatic nitrogens is 1. The molecule has 3 heterocycles. The first kappa shape index (κ1) is 29.6. The first-order valence-corrected chi connectivity index (χ1v) is 13.9. The predicted molar refractivity (Wildman–Crippen MR) is 147 cm³/mol. The second kappa shape index (κ2) is 11.6. The summed E-state index contributed by atoms with van der Waals surface area (Å²) in [5, 5.41) is 48.4. The molecule has 4 rings (SSSR count). The number of thiazole rings is 1. The average Bonchev–Trinajstić information content (AvgIpc) is 3.34. The van der Waals surface area contributed by atoms with Crippen LogP contribution in [0.5, 0.6) is 11.5 Å². The number of aliphatic carboxylic acids is 2. The Bertz CT molecular complexity index is 1470. The average molecular weight is 607 g/mol. The predicted octanol–water partition coefficient (Wildman–Crippen LogP) is 0.249. The van der Waals surface area contributed by atoms with E-state index < -0.39 is 46.5 Å². The lowest BCUT2D eigenvalue weighted by Crippen LogP contribution is -2.71. The highest BCUT2D eigenvalue weighted by Crippen LogP contribution is 2.40. The third-order valence-electron chi connectivity index (χ3n) is 6.10. The van der Waals surface area contributed by atoms with E-state index in [0.29, 0.717) is 11.1 Å². The molecule has 17 heteroatoms. The Kier molecular flexibility index (Phi) is 8.41. The number of thioether (sulfide) groups is 1. The van der Waals surface area contributed by atoms with E-state index in [4.69, 9.17) is 10.6 Å². The van der Waals surface area contributed by atoms with Gasteiger partial charge in [-0.3, -0.25) is 14.5 Å². The van der Waals surface area contributed by atoms with Gasteiger partial charge in [-0.15, -0.1) is 23.1 Å². The van der Waals surface area contributed by atoms with Crippen LogP contribution in [0, 0.1) is 0 Å². The van der Waals surface area contributed by atoms with E-state index in [1.165, 1.54) is 43.1 Å². The van der Waals surface area contributed by atoms with Gasteiger partial charge in [-0.2, -0.15) is 0 Å². The summed E-state index contributed by atoms with van der Waals surface area (Å²) in [5.41, 5.74) is 4.40. The summed E-state index contributed by atoms with van der Waals surface area (Å²) in [4.78, 5) is 59.9. The maximum atomic E-state index is 13.2. The molecule has 0 spiro atoms. The fourth-order valence-corrected chi connectivity index (χ4v) is 5.76. The van der Waals surface area contributed by atoms with Crippen LogP contribution in [0.3, 0.4) is 0 Å². The van der Waals surface area contributed by atoms with Gasteiger partial charge in [0.1, 0.15) is 22.8 Å². The number of nitrogen functional groups attached to an aromatic ring is 1. The van der Waals surface area contributed by atoms with Crippen molar-refractivity contribution in [3.63, 3.8) is 0 Å². The lowest BCUT2D eigenvalue weighted by atomic mass is 10.0. The Hall–Kier alpha value is -4.35. The van der Waals surface area contributed by atoms with Crippen LogP contribution in [0.25, 0.3) is 0 Å². The minimum atomic E-state index is -1.77. The van der Waals surface area contributed by atoms with E-state index in [1.807, 2.05) is 0 Å². The summed E-state index contributed by atoms with van der Waals surface area (Å²) in [6.45, 7) is 2.85. The van der Waals surface area contributed by atoms with Crippen molar-refractivity contribution in [2.24, 2.45) is 5.16 Å². The highest BCUT2D eigenvalue weighted by atomic mass is 32.2. The number of phenols is 2. The SMILES string of the molecule is CC(C)(ON=C(C(=O)NC1C(=O)N2C(C(=O)O)=C(CNCc3ccc(O)c(O)c3)CS[C@@H]12)c1csc(N)n1)C(=O)O. The van der Waals surface area contributed by atoms with Crippen molar-refractivity contribution in [2.45, 2.75) is 37.4 Å². The number of aromatic hydroxyl groups is 2. The molecule has 1 saturated heterocycles. The molecule has 2 aromatic rings. The van der Waals surface area contributed by atoms with Crippen LogP contribution in [-0.2, 0) is 30.6 Å². The Labute approximate surface area is 240 Å². The number of oxime groups is 1. The number of carboxylic acid groups (broad SMARTS) is 2. The molecule has 15 nitrogen and oxygen atoms in total. The summed E-state index contributed by atoms with van der Waals surface area (Å²) in [7, 11) is 0. The van der Waals surface area contributed by atoms with E-state index in [0.717, 1.165) is 16.2 Å². The maximum Gasteiger partial charge on any atom is 0.352 e. The van der Waals surface area contributed by atoms with Gasteiger partial charge in [-0.25, -0.2) is 14.6 Å². The number of rotatable bonds is 11. The zero-order valence-electron chi connectivity index (χ0n) is 21.7. The molecule has 0 bridgehead atoms. The smallest absolute Gasteiger partial charge is 0.352 e. The van der Waals surface area contributed by atoms with Gasteiger partial charge in [0.15, 0.2) is 22.3 Å². The highest BCUT2D eigenvalue weighted by molar-refractivity contribution is 8.00. The fourth-order valence-electron chi connectivity index (χ4n) is 3.87. The van der Waals surface area contributed by atoms with Crippen molar-refractivity contribution in [2.75, 3.05) is 18.0 Å². The number of carboxylic acids is 2. The maximum absolute atomic E-state index is 13.2. The van der Waals surface area contributed by atoms with E-state index in [-0.39, 0.29) is 46.9 Å². The minimum absolute atomic E-state index is 0.00698. The van der Waals surface area contributed by atoms with Crippen molar-refractivity contribution in [1.29, 1.82) is 0 Å². The van der Waals surface area contributed by atoms with Gasteiger partial charge < -0.3 is 41.6 Å². The lowest BCUT2D eigenvalue weighted by Gasteiger charge is -2.49. The number of nitrogens with two attached hydrogens (primary N) is 1. The number of carbonyl (C=O) groups is 4. The van der Waals surface area contributed by atoms with Gasteiger partial charge in [0, 0.05) is 24.2 Å². The first-order chi connectivity index (χ1) is 19.3. The number of hydrogen-bond donors (Lipinski definition) is 7. The van der Waals surface area contributed by atoms with Gasteiger partial charge in [-0.05, 0) is 37.1 Å². The summed E-state index contributed by atoms with van der Waals surface area (Å²) >= 11 is 2.26. The van der Waals surface area contributed by atoms with Crippen LogP contribution in [0.1, 0.15) is 25.1 Å². The van der Waals surface area contributed by atoms with Crippen molar-refractivity contribution in [3.8, 4) is 11.5 Å². The summed E-state index contributed by atoms with van der Waals surface area (Å²) in [5.74, 6) is -4.48. The lowest BCUT2D eigenvalue weighted by molar-refractivity contribution is -0.161. The topological polar surface area (TPSA) is 237 Å². The summed E-state index contributed by atoms with van der Waals surface area (Å²) < 4.78 is 0. The van der Waals surface area contributed by atoms with Gasteiger partial charge in [-0.1, -0.05) is 11.2 Å². The first-order valence-electron chi connectivity index (χ1n) is 11.9. The van der Waals surface area contributed by atoms with E-state index >= 15 is 0 Å². The quantitative estimate of drug-likeness (QED) is 0.0787. The van der Waals surface area contributed by atoms with Crippen LogP contribution in [0.2, 0.25) is 0 Å². The monoisotopic (exact) mass is 606 g/mol. The normalized spacial score (nSPS) is 18.9. The minimum Gasteiger partial charge on any atom is -0.504 e. The molecule has 2 aliphatic heterocycles. The molecule has 218 valence electrons. The number of benzene rings is 1. The number of β-lactam (4-membered cyclic amide) rings is 1. The van der Waals surface area contributed by atoms with Crippen molar-refractivity contribution in [1.82, 2.24) is 20.5 Å². The Morgan fingerprint density at radius 2 is 1.95 bits per heavy atom. The highest BCUT2D eigenvalue weighted by Gasteiger charge is 2.54. The number of anilines is 1. The Morgan fingerprint density at radius 3 is 2.56 bits per heavy atom. The largest absolute Gasteiger partial charge is 0.504 e. The zero-order valence-corrected chi connectivity index (χ0v) is 23.3. The third kappa shape index (κ3) is 6.21. The van der Waals surface area contributed by atoms with Gasteiger partial charge in [0.05, 0.1) is 0 Å². The number of phenolic OH excluding ortho intramolecular Hbond substituents is 2. The molecule has 0 saturated carbocycles. The molecule has 41 heavy (non-hydrogen) atoms. The number of nitrogens with zero attached hydrogens (tertiary/aromatic N) is 3. The van der Waals surface area contributed by atoms with Crippen LogP contribution in [0.15, 0.2) is 40.0 Å². The summed E-state index contributed by atoms with van der Waals surface area (Å²) in [6, 6.07) is 3.21. The Balaban J connectivity index is 1.47. The number of hydrogen-bond acceptors (Lipinski definition) is 13. The zero-order chi connectivity index (χ0) is 30.1. The molecule has 0 aliphatic carbocycles. The molecular weight excluding hydrogens is 580 g/mol. The van der Waals surface area contributed by atoms with E-state index in [2.05, 4.69) is 20.8 Å². The van der Waals surface area contributed by atoms with Gasteiger partial charge >= 0.3 is 11.9 Å². The molecule has 8 N–H and O–H groups in total.